The van der Waals surface area contributed by atoms with Gasteiger partial charge in [0, 0.05) is 18.5 Å². The number of H-pyrrole nitrogens is 1. The molecule has 1 fully saturated rings. The first-order chi connectivity index (χ1) is 18.1. The van der Waals surface area contributed by atoms with Crippen LogP contribution in [0.2, 0.25) is 0 Å². The van der Waals surface area contributed by atoms with Crippen LogP contribution in [0.4, 0.5) is 0 Å². The lowest BCUT2D eigenvalue weighted by Gasteiger charge is -2.34. The number of unbranched alkanes of at least 4 members (excludes halogenated alkanes) is 1. The summed E-state index contributed by atoms with van der Waals surface area (Å²) in [6, 6.07) is 15.5. The van der Waals surface area contributed by atoms with Gasteiger partial charge in [-0.2, -0.15) is 5.21 Å². The van der Waals surface area contributed by atoms with Crippen LogP contribution in [0.5, 0.6) is 0 Å². The molecule has 0 bridgehead atoms. The number of hydrogen-bond donors (Lipinski definition) is 1. The van der Waals surface area contributed by atoms with Crippen molar-refractivity contribution in [2.45, 2.75) is 77.3 Å². The van der Waals surface area contributed by atoms with E-state index in [2.05, 4.69) is 27.5 Å². The third-order valence-electron chi connectivity index (χ3n) is 7.33. The maximum absolute atomic E-state index is 13.4. The number of carbonyl (C=O) groups is 2. The van der Waals surface area contributed by atoms with Gasteiger partial charge in [0.05, 0.1) is 7.11 Å². The molecule has 1 atom stereocenters. The molecule has 0 spiro atoms. The van der Waals surface area contributed by atoms with E-state index in [4.69, 9.17) is 4.74 Å². The smallest absolute Gasteiger partial charge is 0.328 e. The molecule has 4 rings (SSSR count). The maximum Gasteiger partial charge on any atom is 0.328 e. The molecule has 196 valence electrons. The number of aromatic nitrogens is 4. The molecular weight excluding hydrogens is 466 g/mol. The van der Waals surface area contributed by atoms with Crippen molar-refractivity contribution in [3.63, 3.8) is 0 Å². The molecule has 37 heavy (non-hydrogen) atoms. The molecule has 0 saturated heterocycles. The first kappa shape index (κ1) is 26.5. The van der Waals surface area contributed by atoms with Gasteiger partial charge in [-0.1, -0.05) is 94.0 Å². The van der Waals surface area contributed by atoms with Crippen LogP contribution >= 0.6 is 0 Å². The lowest BCUT2D eigenvalue weighted by Crippen LogP contribution is -2.46. The van der Waals surface area contributed by atoms with Crippen molar-refractivity contribution >= 4 is 11.9 Å². The Morgan fingerprint density at radius 1 is 1.05 bits per heavy atom. The van der Waals surface area contributed by atoms with Gasteiger partial charge in [-0.25, -0.2) is 4.79 Å². The second-order valence-corrected chi connectivity index (χ2v) is 9.88. The summed E-state index contributed by atoms with van der Waals surface area (Å²) in [6.07, 6.45) is 8.69. The molecule has 1 unspecified atom stereocenters. The number of methoxy groups -OCH3 is 1. The summed E-state index contributed by atoms with van der Waals surface area (Å²) >= 11 is 0. The minimum Gasteiger partial charge on any atom is -0.467 e. The number of rotatable bonds is 11. The highest BCUT2D eigenvalue weighted by Crippen LogP contribution is 2.32. The summed E-state index contributed by atoms with van der Waals surface area (Å²) in [6.45, 7) is 2.45. The fourth-order valence-corrected chi connectivity index (χ4v) is 5.26. The van der Waals surface area contributed by atoms with Crippen molar-refractivity contribution in [3.05, 3.63) is 54.1 Å². The maximum atomic E-state index is 13.4. The molecule has 8 heteroatoms. The number of nitrogens with one attached hydrogen (secondary N) is 1. The summed E-state index contributed by atoms with van der Waals surface area (Å²) in [5, 5.41) is 14.5. The van der Waals surface area contributed by atoms with Gasteiger partial charge in [-0.15, -0.1) is 10.2 Å². The third kappa shape index (κ3) is 6.81. The Morgan fingerprint density at radius 3 is 2.43 bits per heavy atom. The molecule has 1 aliphatic rings. The highest BCUT2D eigenvalue weighted by molar-refractivity contribution is 5.85. The van der Waals surface area contributed by atoms with Gasteiger partial charge in [-0.3, -0.25) is 4.79 Å². The molecule has 8 nitrogen and oxygen atoms in total. The van der Waals surface area contributed by atoms with Crippen molar-refractivity contribution in [1.82, 2.24) is 25.5 Å². The van der Waals surface area contributed by atoms with E-state index in [9.17, 15) is 9.59 Å². The highest BCUT2D eigenvalue weighted by Gasteiger charge is 2.33. The van der Waals surface area contributed by atoms with Gasteiger partial charge in [0.2, 0.25) is 11.7 Å². The largest absolute Gasteiger partial charge is 0.467 e. The van der Waals surface area contributed by atoms with Crippen molar-refractivity contribution in [2.75, 3.05) is 7.11 Å². The number of tetrazole rings is 1. The van der Waals surface area contributed by atoms with Crippen LogP contribution in [-0.2, 0) is 20.9 Å². The predicted molar refractivity (Wildman–Crippen MR) is 142 cm³/mol. The van der Waals surface area contributed by atoms with Crippen LogP contribution in [0, 0.1) is 5.92 Å². The number of esters is 1. The van der Waals surface area contributed by atoms with Crippen LogP contribution in [0.25, 0.3) is 22.5 Å². The molecule has 1 aliphatic carbocycles. The summed E-state index contributed by atoms with van der Waals surface area (Å²) in [4.78, 5) is 28.1. The molecule has 1 N–H and O–H groups in total. The lowest BCUT2D eigenvalue weighted by atomic mass is 9.84. The molecule has 2 aromatic carbocycles. The molecule has 1 heterocycles. The van der Waals surface area contributed by atoms with E-state index < -0.39 is 6.04 Å². The Balaban J connectivity index is 1.58. The zero-order valence-corrected chi connectivity index (χ0v) is 21.9. The molecule has 1 amide bonds. The Bertz CT molecular complexity index is 1140. The standard InChI is InChI=1S/C29H37N5O3/c1-3-4-14-27(35)34(26(29(36)37-2)19-21-10-6-5-7-11-21)20-22-15-17-23(18-16-22)24-12-8-9-13-25(24)28-30-32-33-31-28/h8-9,12-13,15-18,21,26H,3-7,10-11,14,19-20H2,1-2H3,(H,30,31,32,33). The second kappa shape index (κ2) is 13.1. The lowest BCUT2D eigenvalue weighted by molar-refractivity contribution is -0.154. The molecule has 3 aromatic rings. The van der Waals surface area contributed by atoms with E-state index in [0.717, 1.165) is 47.9 Å². The topological polar surface area (TPSA) is 101 Å². The number of nitrogens with zero attached hydrogens (tertiary/aromatic N) is 4. The number of benzene rings is 2. The number of hydrogen-bond acceptors (Lipinski definition) is 6. The Morgan fingerprint density at radius 2 is 1.78 bits per heavy atom. The average Bonchev–Trinajstić information content (AvgIpc) is 3.49. The van der Waals surface area contributed by atoms with Gasteiger partial charge >= 0.3 is 5.97 Å². The van der Waals surface area contributed by atoms with Gasteiger partial charge in [0.15, 0.2) is 0 Å². The van der Waals surface area contributed by atoms with E-state index >= 15 is 0 Å². The minimum atomic E-state index is -0.559. The Labute approximate surface area is 218 Å². The van der Waals surface area contributed by atoms with Crippen molar-refractivity contribution < 1.29 is 14.3 Å². The first-order valence-electron chi connectivity index (χ1n) is 13.4. The van der Waals surface area contributed by atoms with E-state index in [1.165, 1.54) is 26.4 Å². The van der Waals surface area contributed by atoms with Crippen LogP contribution < -0.4 is 0 Å². The van der Waals surface area contributed by atoms with Crippen molar-refractivity contribution in [2.24, 2.45) is 5.92 Å². The zero-order valence-electron chi connectivity index (χ0n) is 21.9. The summed E-state index contributed by atoms with van der Waals surface area (Å²) in [7, 11) is 1.42. The third-order valence-corrected chi connectivity index (χ3v) is 7.33. The van der Waals surface area contributed by atoms with Crippen LogP contribution in [0.3, 0.4) is 0 Å². The number of ether oxygens (including phenoxy) is 1. The Hall–Kier alpha value is -3.55. The fraction of sp³-hybridized carbons (Fsp3) is 0.483. The van der Waals surface area contributed by atoms with E-state index in [-0.39, 0.29) is 11.9 Å². The number of carbonyl (C=O) groups excluding carboxylic acids is 2. The normalized spacial score (nSPS) is 14.8. The van der Waals surface area contributed by atoms with E-state index in [1.807, 2.05) is 48.5 Å². The van der Waals surface area contributed by atoms with Gasteiger partial charge in [0.25, 0.3) is 0 Å². The fourth-order valence-electron chi connectivity index (χ4n) is 5.26. The quantitative estimate of drug-likeness (QED) is 0.344. The van der Waals surface area contributed by atoms with E-state index in [0.29, 0.717) is 31.1 Å². The predicted octanol–water partition coefficient (Wildman–Crippen LogP) is 5.56. The number of aromatic amines is 1. The highest BCUT2D eigenvalue weighted by atomic mass is 16.5. The zero-order chi connectivity index (χ0) is 26.0. The minimum absolute atomic E-state index is 0.0135. The van der Waals surface area contributed by atoms with Gasteiger partial charge in [0.1, 0.15) is 6.04 Å². The summed E-state index contributed by atoms with van der Waals surface area (Å²) in [5.41, 5.74) is 3.87. The van der Waals surface area contributed by atoms with Gasteiger partial charge < -0.3 is 9.64 Å². The SMILES string of the molecule is CCCCC(=O)N(Cc1ccc(-c2ccccc2-c2nn[nH]n2)cc1)C(CC1CCCCC1)C(=O)OC. The molecule has 1 aromatic heterocycles. The molecule has 1 saturated carbocycles. The molecule has 0 radical (unpaired) electrons. The first-order valence-corrected chi connectivity index (χ1v) is 13.4. The van der Waals surface area contributed by atoms with Crippen LogP contribution in [-0.4, -0.2) is 50.6 Å². The van der Waals surface area contributed by atoms with Crippen LogP contribution in [0.15, 0.2) is 48.5 Å². The second-order valence-electron chi connectivity index (χ2n) is 9.88. The Kier molecular flexibility index (Phi) is 9.40. The van der Waals surface area contributed by atoms with Crippen molar-refractivity contribution in [3.8, 4) is 22.5 Å². The summed E-state index contributed by atoms with van der Waals surface area (Å²) < 4.78 is 5.20. The molecule has 0 aliphatic heterocycles. The van der Waals surface area contributed by atoms with Crippen molar-refractivity contribution in [1.29, 1.82) is 0 Å². The average molecular weight is 504 g/mol. The number of amides is 1. The van der Waals surface area contributed by atoms with Crippen LogP contribution in [0.1, 0.15) is 70.3 Å². The van der Waals surface area contributed by atoms with Gasteiger partial charge in [-0.05, 0) is 40.7 Å². The summed E-state index contributed by atoms with van der Waals surface area (Å²) in [5.74, 6) is 0.681. The molecular formula is C29H37N5O3. The monoisotopic (exact) mass is 503 g/mol. The van der Waals surface area contributed by atoms with E-state index in [1.54, 1.807) is 4.90 Å².